The van der Waals surface area contributed by atoms with Crippen LogP contribution in [-0.4, -0.2) is 25.1 Å². The van der Waals surface area contributed by atoms with Crippen LogP contribution in [0.25, 0.3) is 21.5 Å². The first-order valence-corrected chi connectivity index (χ1v) is 10.4. The number of pyridine rings is 1. The number of aromatic nitrogens is 1. The molecule has 0 aliphatic rings. The third kappa shape index (κ3) is 3.74. The van der Waals surface area contributed by atoms with Crippen LogP contribution in [-0.2, 0) is 0 Å². The molecule has 4 aromatic rings. The second-order valence-electron chi connectivity index (χ2n) is 7.03. The second kappa shape index (κ2) is 8.16. The first kappa shape index (κ1) is 19.9. The average molecular weight is 419 g/mol. The Balaban J connectivity index is 1.86. The molecule has 0 atom stereocenters. The lowest BCUT2D eigenvalue weighted by atomic mass is 10.0. The van der Waals surface area contributed by atoms with Gasteiger partial charge in [-0.3, -0.25) is 4.79 Å². The SMILES string of the molecule is COc1ccc(OC)c(NC(=O)c2cc(-c3cccs3)nc3c(C)cc(C)cc23)c1. The smallest absolute Gasteiger partial charge is 0.256 e. The molecule has 0 saturated heterocycles. The van der Waals surface area contributed by atoms with Crippen LogP contribution in [0, 0.1) is 13.8 Å². The molecule has 0 aliphatic heterocycles. The van der Waals surface area contributed by atoms with Crippen molar-refractivity contribution in [2.75, 3.05) is 19.5 Å². The summed E-state index contributed by atoms with van der Waals surface area (Å²) >= 11 is 1.60. The fourth-order valence-corrected chi connectivity index (χ4v) is 4.21. The molecular weight excluding hydrogens is 396 g/mol. The number of hydrogen-bond acceptors (Lipinski definition) is 5. The number of nitrogens with zero attached hydrogens (tertiary/aromatic N) is 1. The minimum absolute atomic E-state index is 0.225. The second-order valence-corrected chi connectivity index (χ2v) is 7.98. The Morgan fingerprint density at radius 3 is 2.57 bits per heavy atom. The summed E-state index contributed by atoms with van der Waals surface area (Å²) in [4.78, 5) is 19.3. The fourth-order valence-electron chi connectivity index (χ4n) is 3.52. The van der Waals surface area contributed by atoms with Crippen molar-refractivity contribution in [3.05, 3.63) is 70.6 Å². The van der Waals surface area contributed by atoms with Gasteiger partial charge in [-0.1, -0.05) is 17.7 Å². The van der Waals surface area contributed by atoms with E-state index in [-0.39, 0.29) is 5.91 Å². The standard InChI is InChI=1S/C24H22N2O3S/c1-14-10-15(2)23-17(11-14)18(13-20(25-23)22-6-5-9-30-22)24(27)26-19-12-16(28-3)7-8-21(19)29-4/h5-13H,1-4H3,(H,26,27). The molecule has 152 valence electrons. The van der Waals surface area contributed by atoms with Gasteiger partial charge in [0, 0.05) is 11.5 Å². The Hall–Kier alpha value is -3.38. The molecule has 1 N–H and O–H groups in total. The molecule has 0 saturated carbocycles. The maximum absolute atomic E-state index is 13.4. The van der Waals surface area contributed by atoms with Crippen molar-refractivity contribution < 1.29 is 14.3 Å². The fraction of sp³-hybridized carbons (Fsp3) is 0.167. The van der Waals surface area contributed by atoms with Crippen molar-refractivity contribution in [2.24, 2.45) is 0 Å². The summed E-state index contributed by atoms with van der Waals surface area (Å²) in [6, 6.07) is 15.2. The number of anilines is 1. The molecule has 2 heterocycles. The van der Waals surface area contributed by atoms with Gasteiger partial charge in [0.2, 0.25) is 0 Å². The van der Waals surface area contributed by atoms with E-state index in [1.165, 1.54) is 0 Å². The third-order valence-electron chi connectivity index (χ3n) is 4.92. The Labute approximate surface area is 179 Å². The zero-order valence-electron chi connectivity index (χ0n) is 17.3. The number of rotatable bonds is 5. The van der Waals surface area contributed by atoms with E-state index in [1.807, 2.05) is 43.5 Å². The summed E-state index contributed by atoms with van der Waals surface area (Å²) < 4.78 is 10.7. The van der Waals surface area contributed by atoms with E-state index in [0.29, 0.717) is 22.7 Å². The molecule has 4 rings (SSSR count). The van der Waals surface area contributed by atoms with Gasteiger partial charge in [-0.15, -0.1) is 11.3 Å². The van der Waals surface area contributed by atoms with E-state index < -0.39 is 0 Å². The number of fused-ring (bicyclic) bond motifs is 1. The molecule has 1 amide bonds. The van der Waals surface area contributed by atoms with Crippen molar-refractivity contribution in [1.82, 2.24) is 4.98 Å². The lowest BCUT2D eigenvalue weighted by Crippen LogP contribution is -2.14. The number of nitrogens with one attached hydrogen (secondary N) is 1. The van der Waals surface area contributed by atoms with Crippen LogP contribution >= 0.6 is 11.3 Å². The number of aryl methyl sites for hydroxylation is 2. The highest BCUT2D eigenvalue weighted by molar-refractivity contribution is 7.13. The zero-order valence-corrected chi connectivity index (χ0v) is 18.1. The molecule has 6 heteroatoms. The maximum Gasteiger partial charge on any atom is 0.256 e. The average Bonchev–Trinajstić information content (AvgIpc) is 3.28. The molecule has 2 aromatic carbocycles. The number of hydrogen-bond donors (Lipinski definition) is 1. The van der Waals surface area contributed by atoms with Gasteiger partial charge < -0.3 is 14.8 Å². The first-order chi connectivity index (χ1) is 14.5. The molecule has 0 aliphatic carbocycles. The quantitative estimate of drug-likeness (QED) is 0.442. The van der Waals surface area contributed by atoms with Crippen LogP contribution in [0.5, 0.6) is 11.5 Å². The van der Waals surface area contributed by atoms with E-state index in [4.69, 9.17) is 14.5 Å². The molecular formula is C24H22N2O3S. The predicted octanol–water partition coefficient (Wildman–Crippen LogP) is 5.85. The molecule has 0 spiro atoms. The molecule has 30 heavy (non-hydrogen) atoms. The summed E-state index contributed by atoms with van der Waals surface area (Å²) in [5, 5.41) is 5.82. The lowest BCUT2D eigenvalue weighted by molar-refractivity contribution is 0.102. The number of methoxy groups -OCH3 is 2. The van der Waals surface area contributed by atoms with Gasteiger partial charge in [0.1, 0.15) is 11.5 Å². The largest absolute Gasteiger partial charge is 0.497 e. The van der Waals surface area contributed by atoms with Gasteiger partial charge in [0.05, 0.1) is 41.6 Å². The molecule has 0 unspecified atom stereocenters. The van der Waals surface area contributed by atoms with Gasteiger partial charge in [0.15, 0.2) is 0 Å². The number of carbonyl (C=O) groups is 1. The number of thiophene rings is 1. The summed E-state index contributed by atoms with van der Waals surface area (Å²) in [7, 11) is 3.16. The van der Waals surface area contributed by atoms with E-state index in [9.17, 15) is 4.79 Å². The molecule has 0 radical (unpaired) electrons. The van der Waals surface area contributed by atoms with E-state index in [0.717, 1.165) is 32.6 Å². The summed E-state index contributed by atoms with van der Waals surface area (Å²) in [5.41, 5.74) is 4.85. The van der Waals surface area contributed by atoms with Crippen LogP contribution < -0.4 is 14.8 Å². The monoisotopic (exact) mass is 418 g/mol. The third-order valence-corrected chi connectivity index (χ3v) is 5.81. The van der Waals surface area contributed by atoms with Crippen molar-refractivity contribution in [2.45, 2.75) is 13.8 Å². The summed E-state index contributed by atoms with van der Waals surface area (Å²) in [5.74, 6) is 0.974. The molecule has 0 bridgehead atoms. The van der Waals surface area contributed by atoms with E-state index >= 15 is 0 Å². The maximum atomic E-state index is 13.4. The molecule has 5 nitrogen and oxygen atoms in total. The van der Waals surface area contributed by atoms with Gasteiger partial charge in [-0.2, -0.15) is 0 Å². The van der Waals surface area contributed by atoms with Crippen LogP contribution in [0.2, 0.25) is 0 Å². The van der Waals surface area contributed by atoms with Crippen molar-refractivity contribution in [1.29, 1.82) is 0 Å². The van der Waals surface area contributed by atoms with Crippen LogP contribution in [0.3, 0.4) is 0 Å². The number of benzene rings is 2. The number of amides is 1. The van der Waals surface area contributed by atoms with E-state index in [1.54, 1.807) is 43.8 Å². The van der Waals surface area contributed by atoms with Crippen LogP contribution in [0.15, 0.2) is 53.9 Å². The van der Waals surface area contributed by atoms with Crippen molar-refractivity contribution in [3.8, 4) is 22.1 Å². The first-order valence-electron chi connectivity index (χ1n) is 9.49. The summed E-state index contributed by atoms with van der Waals surface area (Å²) in [6.07, 6.45) is 0. The van der Waals surface area contributed by atoms with Crippen LogP contribution in [0.1, 0.15) is 21.5 Å². The highest BCUT2D eigenvalue weighted by Crippen LogP contribution is 2.33. The van der Waals surface area contributed by atoms with Gasteiger partial charge in [0.25, 0.3) is 5.91 Å². The summed E-state index contributed by atoms with van der Waals surface area (Å²) in [6.45, 7) is 4.04. The van der Waals surface area contributed by atoms with Crippen molar-refractivity contribution >= 4 is 33.8 Å². The number of ether oxygens (including phenoxy) is 2. The van der Waals surface area contributed by atoms with Gasteiger partial charge >= 0.3 is 0 Å². The zero-order chi connectivity index (χ0) is 21.3. The minimum Gasteiger partial charge on any atom is -0.497 e. The highest BCUT2D eigenvalue weighted by Gasteiger charge is 2.18. The Bertz CT molecular complexity index is 1230. The highest BCUT2D eigenvalue weighted by atomic mass is 32.1. The number of carbonyl (C=O) groups excluding carboxylic acids is 1. The van der Waals surface area contributed by atoms with E-state index in [2.05, 4.69) is 11.4 Å². The molecule has 0 fully saturated rings. The predicted molar refractivity (Wildman–Crippen MR) is 122 cm³/mol. The van der Waals surface area contributed by atoms with Gasteiger partial charge in [-0.05, 0) is 55.1 Å². The lowest BCUT2D eigenvalue weighted by Gasteiger charge is -2.14. The van der Waals surface area contributed by atoms with Crippen molar-refractivity contribution in [3.63, 3.8) is 0 Å². The van der Waals surface area contributed by atoms with Gasteiger partial charge in [-0.25, -0.2) is 4.98 Å². The Morgan fingerprint density at radius 2 is 1.87 bits per heavy atom. The normalized spacial score (nSPS) is 10.8. The molecule has 2 aromatic heterocycles. The topological polar surface area (TPSA) is 60.5 Å². The van der Waals surface area contributed by atoms with Crippen LogP contribution in [0.4, 0.5) is 5.69 Å². The Kier molecular flexibility index (Phi) is 5.42. The minimum atomic E-state index is -0.225. The Morgan fingerprint density at radius 1 is 1.03 bits per heavy atom.